The molecule has 1 saturated carbocycles. The van der Waals surface area contributed by atoms with E-state index in [1.165, 1.54) is 11.3 Å². The number of nitrogens with zero attached hydrogens (tertiary/aromatic N) is 1. The molecule has 27 heavy (non-hydrogen) atoms. The van der Waals surface area contributed by atoms with Crippen LogP contribution in [0.2, 0.25) is 0 Å². The van der Waals surface area contributed by atoms with E-state index in [1.807, 2.05) is 22.4 Å². The summed E-state index contributed by atoms with van der Waals surface area (Å²) in [6, 6.07) is 8.95. The predicted molar refractivity (Wildman–Crippen MR) is 103 cm³/mol. The molecule has 7 heteroatoms. The standard InChI is InChI=1S/C20H22N2O4S/c1-25-16-6-5-13(10-17(16)26-2)20(24)22-11-12-8-14(15(22)9-12)21-19(23)18-4-3-7-27-18/h3-7,10,12,14-15H,8-9,11H2,1-2H3,(H,21,23)/t12-,14+,15-/m1/s1. The van der Waals surface area contributed by atoms with Gasteiger partial charge in [0.15, 0.2) is 11.5 Å². The van der Waals surface area contributed by atoms with E-state index in [-0.39, 0.29) is 23.9 Å². The second kappa shape index (κ2) is 7.23. The summed E-state index contributed by atoms with van der Waals surface area (Å²) in [6.45, 7) is 0.739. The summed E-state index contributed by atoms with van der Waals surface area (Å²) in [5, 5.41) is 5.01. The Balaban J connectivity index is 1.49. The molecular formula is C20H22N2O4S. The first kappa shape index (κ1) is 17.9. The molecule has 1 saturated heterocycles. The summed E-state index contributed by atoms with van der Waals surface area (Å²) < 4.78 is 10.6. The Morgan fingerprint density at radius 2 is 1.96 bits per heavy atom. The quantitative estimate of drug-likeness (QED) is 0.858. The number of amides is 2. The second-order valence-electron chi connectivity index (χ2n) is 6.99. The average Bonchev–Trinajstić information content (AvgIpc) is 3.43. The predicted octanol–water partition coefficient (Wildman–Crippen LogP) is 2.80. The van der Waals surface area contributed by atoms with Crippen LogP contribution in [-0.2, 0) is 0 Å². The number of likely N-dealkylation sites (tertiary alicyclic amines) is 1. The van der Waals surface area contributed by atoms with E-state index in [4.69, 9.17) is 9.47 Å². The molecule has 3 atom stereocenters. The van der Waals surface area contributed by atoms with Gasteiger partial charge in [-0.2, -0.15) is 0 Å². The lowest BCUT2D eigenvalue weighted by Crippen LogP contribution is -2.51. The van der Waals surface area contributed by atoms with Crippen molar-refractivity contribution in [2.45, 2.75) is 24.9 Å². The maximum absolute atomic E-state index is 13.1. The highest BCUT2D eigenvalue weighted by Crippen LogP contribution is 2.39. The van der Waals surface area contributed by atoms with Gasteiger partial charge in [-0.1, -0.05) is 6.07 Å². The molecule has 2 heterocycles. The molecule has 1 aliphatic heterocycles. The molecule has 2 amide bonds. The van der Waals surface area contributed by atoms with Gasteiger partial charge in [-0.05, 0) is 48.4 Å². The van der Waals surface area contributed by atoms with Crippen molar-refractivity contribution in [2.75, 3.05) is 20.8 Å². The van der Waals surface area contributed by atoms with Crippen molar-refractivity contribution >= 4 is 23.2 Å². The van der Waals surface area contributed by atoms with E-state index in [9.17, 15) is 9.59 Å². The van der Waals surface area contributed by atoms with Gasteiger partial charge in [0.05, 0.1) is 25.1 Å². The minimum atomic E-state index is -0.0546. The summed E-state index contributed by atoms with van der Waals surface area (Å²) in [7, 11) is 3.12. The minimum Gasteiger partial charge on any atom is -0.493 e. The normalized spacial score (nSPS) is 23.3. The molecule has 0 spiro atoms. The van der Waals surface area contributed by atoms with Crippen LogP contribution < -0.4 is 14.8 Å². The maximum atomic E-state index is 13.1. The molecule has 2 fully saturated rings. The lowest BCUT2D eigenvalue weighted by Gasteiger charge is -2.33. The Bertz CT molecular complexity index is 852. The Morgan fingerprint density at radius 1 is 1.15 bits per heavy atom. The zero-order valence-corrected chi connectivity index (χ0v) is 16.1. The monoisotopic (exact) mass is 386 g/mol. The van der Waals surface area contributed by atoms with E-state index in [0.717, 1.165) is 19.4 Å². The van der Waals surface area contributed by atoms with Gasteiger partial charge in [0.2, 0.25) is 0 Å². The third kappa shape index (κ3) is 3.27. The Morgan fingerprint density at radius 3 is 2.63 bits per heavy atom. The van der Waals surface area contributed by atoms with Crippen molar-refractivity contribution in [2.24, 2.45) is 5.92 Å². The van der Waals surface area contributed by atoms with E-state index < -0.39 is 0 Å². The molecule has 1 N–H and O–H groups in total. The Hall–Kier alpha value is -2.54. The van der Waals surface area contributed by atoms with Crippen LogP contribution >= 0.6 is 11.3 Å². The number of fused-ring (bicyclic) bond motifs is 2. The van der Waals surface area contributed by atoms with Gasteiger partial charge in [0.25, 0.3) is 11.8 Å². The van der Waals surface area contributed by atoms with Gasteiger partial charge in [-0.25, -0.2) is 0 Å². The highest BCUT2D eigenvalue weighted by atomic mass is 32.1. The first-order valence-electron chi connectivity index (χ1n) is 8.98. The summed E-state index contributed by atoms with van der Waals surface area (Å²) in [5.74, 6) is 1.49. The Labute approximate surface area is 162 Å². The third-order valence-corrected chi connectivity index (χ3v) is 6.30. The van der Waals surface area contributed by atoms with Crippen LogP contribution in [0.4, 0.5) is 0 Å². The van der Waals surface area contributed by atoms with Crippen LogP contribution in [0.1, 0.15) is 32.9 Å². The molecular weight excluding hydrogens is 364 g/mol. The first-order valence-corrected chi connectivity index (χ1v) is 9.86. The number of rotatable bonds is 5. The van der Waals surface area contributed by atoms with Gasteiger partial charge >= 0.3 is 0 Å². The number of piperidine rings is 1. The molecule has 0 unspecified atom stereocenters. The Kier molecular flexibility index (Phi) is 4.78. The van der Waals surface area contributed by atoms with Crippen molar-refractivity contribution in [3.05, 3.63) is 46.2 Å². The molecule has 1 aromatic carbocycles. The van der Waals surface area contributed by atoms with E-state index in [2.05, 4.69) is 5.32 Å². The van der Waals surface area contributed by atoms with Crippen molar-refractivity contribution in [1.82, 2.24) is 10.2 Å². The van der Waals surface area contributed by atoms with Crippen LogP contribution in [0.3, 0.4) is 0 Å². The molecule has 1 aliphatic carbocycles. The van der Waals surface area contributed by atoms with E-state index in [1.54, 1.807) is 32.4 Å². The molecule has 2 aromatic rings. The molecule has 142 valence electrons. The van der Waals surface area contributed by atoms with Gasteiger partial charge in [0, 0.05) is 18.2 Å². The fraction of sp³-hybridized carbons (Fsp3) is 0.400. The smallest absolute Gasteiger partial charge is 0.261 e. The fourth-order valence-electron chi connectivity index (χ4n) is 4.20. The van der Waals surface area contributed by atoms with Crippen molar-refractivity contribution in [3.63, 3.8) is 0 Å². The van der Waals surface area contributed by atoms with Crippen LogP contribution in [0, 0.1) is 5.92 Å². The van der Waals surface area contributed by atoms with Crippen LogP contribution in [0.5, 0.6) is 11.5 Å². The summed E-state index contributed by atoms with van der Waals surface area (Å²) in [4.78, 5) is 28.1. The van der Waals surface area contributed by atoms with Crippen LogP contribution in [0.15, 0.2) is 35.7 Å². The highest BCUT2D eigenvalue weighted by molar-refractivity contribution is 7.12. The van der Waals surface area contributed by atoms with Crippen molar-refractivity contribution < 1.29 is 19.1 Å². The maximum Gasteiger partial charge on any atom is 0.261 e. The van der Waals surface area contributed by atoms with Gasteiger partial charge in [0.1, 0.15) is 0 Å². The zero-order valence-electron chi connectivity index (χ0n) is 15.3. The SMILES string of the molecule is COc1ccc(C(=O)N2C[C@@H]3C[C@H](NC(=O)c4cccs4)[C@H]2C3)cc1OC. The minimum absolute atomic E-state index is 0.00226. The number of ether oxygens (including phenoxy) is 2. The molecule has 1 aromatic heterocycles. The number of carbonyl (C=O) groups is 2. The topological polar surface area (TPSA) is 67.9 Å². The molecule has 6 nitrogen and oxygen atoms in total. The van der Waals surface area contributed by atoms with Gasteiger partial charge < -0.3 is 19.7 Å². The fourth-order valence-corrected chi connectivity index (χ4v) is 4.82. The van der Waals surface area contributed by atoms with Gasteiger partial charge in [-0.15, -0.1) is 11.3 Å². The second-order valence-corrected chi connectivity index (χ2v) is 7.94. The number of thiophene rings is 1. The summed E-state index contributed by atoms with van der Waals surface area (Å²) in [6.07, 6.45) is 1.87. The van der Waals surface area contributed by atoms with Crippen LogP contribution in [0.25, 0.3) is 0 Å². The zero-order chi connectivity index (χ0) is 19.0. The van der Waals surface area contributed by atoms with E-state index in [0.29, 0.717) is 27.9 Å². The lowest BCUT2D eigenvalue weighted by atomic mass is 10.0. The number of hydrogen-bond donors (Lipinski definition) is 1. The molecule has 2 aliphatic rings. The molecule has 4 rings (SSSR count). The summed E-state index contributed by atoms with van der Waals surface area (Å²) in [5.41, 5.74) is 0.573. The number of nitrogens with one attached hydrogen (secondary N) is 1. The van der Waals surface area contributed by atoms with Gasteiger partial charge in [-0.3, -0.25) is 9.59 Å². The number of hydrogen-bond acceptors (Lipinski definition) is 5. The van der Waals surface area contributed by atoms with Crippen LogP contribution in [-0.4, -0.2) is 49.6 Å². The lowest BCUT2D eigenvalue weighted by molar-refractivity contribution is 0.0648. The largest absolute Gasteiger partial charge is 0.493 e. The van der Waals surface area contributed by atoms with Crippen molar-refractivity contribution in [3.8, 4) is 11.5 Å². The number of carbonyl (C=O) groups excluding carboxylic acids is 2. The number of benzene rings is 1. The molecule has 2 bridgehead atoms. The third-order valence-electron chi connectivity index (χ3n) is 5.43. The number of methoxy groups -OCH3 is 2. The van der Waals surface area contributed by atoms with E-state index >= 15 is 0 Å². The molecule has 0 radical (unpaired) electrons. The summed E-state index contributed by atoms with van der Waals surface area (Å²) >= 11 is 1.43. The first-order chi connectivity index (χ1) is 13.1. The average molecular weight is 386 g/mol. The van der Waals surface area contributed by atoms with Crippen molar-refractivity contribution in [1.29, 1.82) is 0 Å². The highest BCUT2D eigenvalue weighted by Gasteiger charge is 2.47.